The number of hydrogen-bond donors (Lipinski definition) is 2. The van der Waals surface area contributed by atoms with Crippen molar-refractivity contribution >= 4 is 37.2 Å². The van der Waals surface area contributed by atoms with Gasteiger partial charge in [-0.2, -0.15) is 4.31 Å². The number of rotatable bonds is 7. The molecule has 11 unspecified atom stereocenters. The van der Waals surface area contributed by atoms with Crippen LogP contribution in [0.15, 0.2) is 54.1 Å². The van der Waals surface area contributed by atoms with Crippen LogP contribution in [-0.2, 0) is 10.0 Å². The van der Waals surface area contributed by atoms with Gasteiger partial charge in [0.05, 0.1) is 22.8 Å². The van der Waals surface area contributed by atoms with Crippen LogP contribution in [0.25, 0.3) is 10.1 Å². The van der Waals surface area contributed by atoms with Gasteiger partial charge >= 0.3 is 0 Å². The molecule has 2 N–H and O–H groups in total. The maximum atomic E-state index is 15.0. The second-order valence-electron chi connectivity index (χ2n) is 19.0. The van der Waals surface area contributed by atoms with E-state index in [4.69, 9.17) is 0 Å². The number of aliphatic hydroxyl groups is 2. The zero-order chi connectivity index (χ0) is 35.3. The monoisotopic (exact) mass is 717 g/mol. The van der Waals surface area contributed by atoms with Gasteiger partial charge in [0.1, 0.15) is 0 Å². The lowest BCUT2D eigenvalue weighted by atomic mass is 9.32. The van der Waals surface area contributed by atoms with Gasteiger partial charge in [0.15, 0.2) is 5.78 Å². The van der Waals surface area contributed by atoms with Crippen molar-refractivity contribution in [3.05, 3.63) is 59.0 Å². The van der Waals surface area contributed by atoms with Crippen molar-refractivity contribution in [1.82, 2.24) is 4.31 Å². The molecule has 1 aromatic carbocycles. The summed E-state index contributed by atoms with van der Waals surface area (Å²) in [5.41, 5.74) is -1.74. The van der Waals surface area contributed by atoms with Crippen LogP contribution in [0.3, 0.4) is 0 Å². The van der Waals surface area contributed by atoms with E-state index >= 15 is 4.79 Å². The first kappa shape index (κ1) is 34.0. The van der Waals surface area contributed by atoms with Gasteiger partial charge in [-0.05, 0) is 122 Å². The number of allylic oxidation sites excluding steroid dienone is 4. The molecule has 9 aliphatic carbocycles. The molecule has 0 amide bonds. The lowest BCUT2D eigenvalue weighted by molar-refractivity contribution is -0.174. The first-order valence-corrected chi connectivity index (χ1v) is 22.0. The normalized spacial score (nSPS) is 45.5. The number of nitrogens with zero attached hydrogens (tertiary/aromatic N) is 1. The Labute approximate surface area is 302 Å². The van der Waals surface area contributed by atoms with E-state index < -0.39 is 32.6 Å². The van der Waals surface area contributed by atoms with Crippen molar-refractivity contribution in [2.24, 2.45) is 56.7 Å². The second-order valence-corrected chi connectivity index (χ2v) is 22.1. The standard InChI is InChI=1S/C42H55NO5S2/c1-37(2)28-11-10-27(30(37)21-28)24-43(50(5,47)48)25-41(46)17-14-35-39(41,4)16-13-34-38(3)15-12-29(44)22-40(38)18-19-42(34,35)31(23-40)36(45)33-20-26-8-6-7-9-32(26)49-33/h6-9,18-20,23,27-30,34-35,44,46H,10-17,21-22,24-25H2,1-5H3. The Morgan fingerprint density at radius 1 is 0.960 bits per heavy atom. The van der Waals surface area contributed by atoms with E-state index in [1.54, 1.807) is 15.6 Å². The molecule has 11 atom stereocenters. The number of carbonyl (C=O) groups is 1. The van der Waals surface area contributed by atoms with Gasteiger partial charge in [0, 0.05) is 39.6 Å². The highest BCUT2D eigenvalue weighted by Crippen LogP contribution is 2.78. The van der Waals surface area contributed by atoms with Crippen LogP contribution in [0, 0.1) is 56.7 Å². The summed E-state index contributed by atoms with van der Waals surface area (Å²) >= 11 is 1.56. The Hall–Kier alpha value is -1.84. The molecule has 4 bridgehead atoms. The zero-order valence-corrected chi connectivity index (χ0v) is 32.1. The first-order chi connectivity index (χ1) is 23.5. The van der Waals surface area contributed by atoms with Crippen LogP contribution >= 0.6 is 11.3 Å². The Kier molecular flexibility index (Phi) is 7.23. The molecule has 8 heteroatoms. The molecule has 6 saturated carbocycles. The molecule has 2 aromatic rings. The molecule has 0 radical (unpaired) electrons. The molecule has 9 aliphatic rings. The SMILES string of the molecule is CC1(C)C2CCC(CN(CC3(O)CCC4C56C=CC7(C=C5C(=O)c5cc8ccccc8s5)CC(O)CCC7(C)C6CCC43C)S(C)(=O)=O)C1C2. The Balaban J connectivity index is 1.11. The number of ketones is 1. The van der Waals surface area contributed by atoms with Crippen LogP contribution in [0.4, 0.5) is 0 Å². The molecule has 0 saturated heterocycles. The van der Waals surface area contributed by atoms with Gasteiger partial charge in [-0.3, -0.25) is 4.79 Å². The largest absolute Gasteiger partial charge is 0.393 e. The fourth-order valence-corrected chi connectivity index (χ4v) is 15.8. The smallest absolute Gasteiger partial charge is 0.211 e. The fraction of sp³-hybridized carbons (Fsp3) is 0.690. The first-order valence-electron chi connectivity index (χ1n) is 19.3. The van der Waals surface area contributed by atoms with E-state index in [2.05, 4.69) is 58.1 Å². The molecule has 0 aliphatic heterocycles. The van der Waals surface area contributed by atoms with Gasteiger partial charge in [0.25, 0.3) is 0 Å². The number of fused-ring (bicyclic) bond motifs is 4. The summed E-state index contributed by atoms with van der Waals surface area (Å²) in [4.78, 5) is 15.8. The number of benzene rings is 1. The minimum atomic E-state index is -3.57. The summed E-state index contributed by atoms with van der Waals surface area (Å²) in [6.45, 7) is 9.93. The third-order valence-corrected chi connectivity index (χ3v) is 19.3. The highest BCUT2D eigenvalue weighted by molar-refractivity contribution is 7.88. The predicted octanol–water partition coefficient (Wildman–Crippen LogP) is 8.01. The molecule has 6 fully saturated rings. The minimum Gasteiger partial charge on any atom is -0.393 e. The van der Waals surface area contributed by atoms with Gasteiger partial charge in [0.2, 0.25) is 10.0 Å². The summed E-state index contributed by atoms with van der Waals surface area (Å²) in [6, 6.07) is 10.2. The second kappa shape index (κ2) is 10.6. The lowest BCUT2D eigenvalue weighted by Gasteiger charge is -2.71. The van der Waals surface area contributed by atoms with E-state index in [-0.39, 0.29) is 40.4 Å². The number of Topliss-reactive ketones (excluding diaryl/α,β-unsaturated/α-hetero) is 1. The lowest BCUT2D eigenvalue weighted by Crippen LogP contribution is -2.67. The van der Waals surface area contributed by atoms with Crippen molar-refractivity contribution in [1.29, 1.82) is 0 Å². The molecule has 6 nitrogen and oxygen atoms in total. The van der Waals surface area contributed by atoms with Crippen LogP contribution in [0.5, 0.6) is 0 Å². The summed E-state index contributed by atoms with van der Waals surface area (Å²) in [7, 11) is -3.57. The van der Waals surface area contributed by atoms with Crippen molar-refractivity contribution in [3.63, 3.8) is 0 Å². The van der Waals surface area contributed by atoms with Crippen molar-refractivity contribution < 1.29 is 23.4 Å². The third-order valence-electron chi connectivity index (χ3n) is 17.0. The molecule has 50 heavy (non-hydrogen) atoms. The van der Waals surface area contributed by atoms with Gasteiger partial charge in [-0.1, -0.05) is 64.1 Å². The highest BCUT2D eigenvalue weighted by Gasteiger charge is 2.74. The van der Waals surface area contributed by atoms with Gasteiger partial charge < -0.3 is 10.2 Å². The third kappa shape index (κ3) is 4.29. The van der Waals surface area contributed by atoms with Crippen molar-refractivity contribution in [2.75, 3.05) is 19.3 Å². The molecule has 11 rings (SSSR count). The van der Waals surface area contributed by atoms with Crippen molar-refractivity contribution in [2.45, 2.75) is 104 Å². The van der Waals surface area contributed by atoms with Gasteiger partial charge in [-0.25, -0.2) is 8.42 Å². The van der Waals surface area contributed by atoms with E-state index in [0.29, 0.717) is 31.2 Å². The molecule has 1 aromatic heterocycles. The Bertz CT molecular complexity index is 1910. The quantitative estimate of drug-likeness (QED) is 0.224. The maximum absolute atomic E-state index is 15.0. The number of hydrogen-bond acceptors (Lipinski definition) is 6. The van der Waals surface area contributed by atoms with E-state index in [9.17, 15) is 18.6 Å². The van der Waals surface area contributed by atoms with E-state index in [1.807, 2.05) is 18.2 Å². The van der Waals surface area contributed by atoms with E-state index in [1.165, 1.54) is 12.7 Å². The molecule has 1 heterocycles. The number of sulfonamides is 1. The molecular formula is C42H55NO5S2. The molecule has 2 spiro atoms. The van der Waals surface area contributed by atoms with Crippen LogP contribution < -0.4 is 0 Å². The topological polar surface area (TPSA) is 94.9 Å². The average molecular weight is 718 g/mol. The predicted molar refractivity (Wildman–Crippen MR) is 199 cm³/mol. The average Bonchev–Trinajstić information content (AvgIpc) is 3.62. The maximum Gasteiger partial charge on any atom is 0.211 e. The van der Waals surface area contributed by atoms with Crippen molar-refractivity contribution in [3.8, 4) is 0 Å². The molecular weight excluding hydrogens is 663 g/mol. The van der Waals surface area contributed by atoms with E-state index in [0.717, 1.165) is 71.4 Å². The summed E-state index contributed by atoms with van der Waals surface area (Å²) in [5.74, 6) is 1.86. The summed E-state index contributed by atoms with van der Waals surface area (Å²) < 4.78 is 29.9. The summed E-state index contributed by atoms with van der Waals surface area (Å²) in [6.07, 6.45) is 16.5. The fourth-order valence-electron chi connectivity index (χ4n) is 13.9. The van der Waals surface area contributed by atoms with Crippen LogP contribution in [0.2, 0.25) is 0 Å². The highest BCUT2D eigenvalue weighted by atomic mass is 32.2. The number of carbonyl (C=O) groups excluding carboxylic acids is 1. The van der Waals surface area contributed by atoms with Crippen LogP contribution in [0.1, 0.15) is 102 Å². The molecule has 270 valence electrons. The summed E-state index contributed by atoms with van der Waals surface area (Å²) in [5, 5.41) is 25.1. The number of thiophene rings is 1. The zero-order valence-electron chi connectivity index (χ0n) is 30.5. The minimum absolute atomic E-state index is 0.0102. The number of aliphatic hydroxyl groups excluding tert-OH is 1. The Morgan fingerprint density at radius 3 is 2.40 bits per heavy atom. The van der Waals surface area contributed by atoms with Crippen LogP contribution in [-0.4, -0.2) is 59.8 Å². The van der Waals surface area contributed by atoms with Gasteiger partial charge in [-0.15, -0.1) is 11.3 Å². The Morgan fingerprint density at radius 2 is 1.68 bits per heavy atom.